The van der Waals surface area contributed by atoms with Crippen LogP contribution in [0.5, 0.6) is 0 Å². The summed E-state index contributed by atoms with van der Waals surface area (Å²) in [6.45, 7) is 3.34. The van der Waals surface area contributed by atoms with Crippen LogP contribution in [0.1, 0.15) is 63.0 Å². The van der Waals surface area contributed by atoms with E-state index in [4.69, 9.17) is 9.73 Å². The zero-order chi connectivity index (χ0) is 17.9. The number of unbranched alkanes of at least 4 members (excludes halogenated alkanes) is 1. The van der Waals surface area contributed by atoms with Crippen LogP contribution in [0.15, 0.2) is 27.7 Å². The van der Waals surface area contributed by atoms with Gasteiger partial charge in [-0.05, 0) is 36.5 Å². The van der Waals surface area contributed by atoms with Crippen molar-refractivity contribution < 1.29 is 9.53 Å². The van der Waals surface area contributed by atoms with E-state index < -0.39 is 5.54 Å². The Balaban J connectivity index is 1.83. The van der Waals surface area contributed by atoms with E-state index in [9.17, 15) is 4.79 Å². The van der Waals surface area contributed by atoms with E-state index in [0.717, 1.165) is 66.4 Å². The van der Waals surface area contributed by atoms with Crippen LogP contribution < -0.4 is 0 Å². The highest BCUT2D eigenvalue weighted by Gasteiger charge is 2.49. The molecule has 1 saturated carbocycles. The van der Waals surface area contributed by atoms with Gasteiger partial charge in [0.2, 0.25) is 0 Å². The first kappa shape index (κ1) is 18.6. The molecule has 0 radical (unpaired) electrons. The van der Waals surface area contributed by atoms with Gasteiger partial charge in [0.1, 0.15) is 11.4 Å². The summed E-state index contributed by atoms with van der Waals surface area (Å²) in [6, 6.07) is 6.24. The molecular formula is C20H27BrN2O2. The number of benzene rings is 1. The predicted molar refractivity (Wildman–Crippen MR) is 104 cm³/mol. The van der Waals surface area contributed by atoms with Crippen molar-refractivity contribution in [1.29, 1.82) is 0 Å². The topological polar surface area (TPSA) is 41.9 Å². The van der Waals surface area contributed by atoms with Gasteiger partial charge in [0.15, 0.2) is 0 Å². The van der Waals surface area contributed by atoms with Crippen LogP contribution in [0, 0.1) is 0 Å². The number of hydrogen-bond acceptors (Lipinski definition) is 3. The third-order valence-electron chi connectivity index (χ3n) is 5.23. The lowest BCUT2D eigenvalue weighted by molar-refractivity contribution is -0.131. The third-order valence-corrected chi connectivity index (χ3v) is 6.01. The van der Waals surface area contributed by atoms with E-state index in [1.807, 2.05) is 11.0 Å². The third kappa shape index (κ3) is 3.82. The van der Waals surface area contributed by atoms with E-state index >= 15 is 0 Å². The largest absolute Gasteiger partial charge is 0.380 e. The van der Waals surface area contributed by atoms with Gasteiger partial charge in [0.25, 0.3) is 5.91 Å². The Morgan fingerprint density at radius 1 is 1.32 bits per heavy atom. The lowest BCUT2D eigenvalue weighted by Crippen LogP contribution is -2.40. The molecule has 1 aliphatic heterocycles. The molecule has 0 saturated heterocycles. The molecule has 5 heteroatoms. The number of ether oxygens (including phenoxy) is 1. The maximum absolute atomic E-state index is 13.2. The summed E-state index contributed by atoms with van der Waals surface area (Å²) in [5, 5.41) is 0. The fourth-order valence-corrected chi connectivity index (χ4v) is 4.23. The van der Waals surface area contributed by atoms with E-state index in [1.54, 1.807) is 7.11 Å². The molecule has 3 rings (SSSR count). The molecule has 1 aliphatic carbocycles. The number of carbonyl (C=O) groups is 1. The van der Waals surface area contributed by atoms with E-state index in [2.05, 4.69) is 35.0 Å². The van der Waals surface area contributed by atoms with Gasteiger partial charge < -0.3 is 4.74 Å². The van der Waals surface area contributed by atoms with Crippen LogP contribution in [0.4, 0.5) is 0 Å². The summed E-state index contributed by atoms with van der Waals surface area (Å²) in [6.07, 6.45) is 7.13. The van der Waals surface area contributed by atoms with Crippen LogP contribution in [-0.4, -0.2) is 29.3 Å². The molecular weight excluding hydrogens is 380 g/mol. The molecule has 1 spiro atoms. The molecule has 0 atom stereocenters. The second-order valence-electron chi connectivity index (χ2n) is 7.12. The fraction of sp³-hybridized carbons (Fsp3) is 0.600. The number of amidine groups is 1. The molecule has 0 aromatic heterocycles. The molecule has 1 heterocycles. The average Bonchev–Trinajstić information content (AvgIpc) is 3.17. The predicted octanol–water partition coefficient (Wildman–Crippen LogP) is 4.84. The Bertz CT molecular complexity index is 666. The summed E-state index contributed by atoms with van der Waals surface area (Å²) in [5.74, 6) is 1.21. The Morgan fingerprint density at radius 2 is 2.08 bits per heavy atom. The number of methoxy groups -OCH3 is 1. The number of aliphatic imine (C=N–C) groups is 1. The highest BCUT2D eigenvalue weighted by Crippen LogP contribution is 2.40. The molecule has 25 heavy (non-hydrogen) atoms. The molecule has 0 unspecified atom stereocenters. The average molecular weight is 407 g/mol. The van der Waals surface area contributed by atoms with Gasteiger partial charge in [0, 0.05) is 18.0 Å². The van der Waals surface area contributed by atoms with Crippen LogP contribution in [0.25, 0.3) is 0 Å². The van der Waals surface area contributed by atoms with Gasteiger partial charge >= 0.3 is 0 Å². The van der Waals surface area contributed by atoms with Crippen LogP contribution in [0.3, 0.4) is 0 Å². The molecule has 136 valence electrons. The van der Waals surface area contributed by atoms with Gasteiger partial charge in [-0.3, -0.25) is 14.7 Å². The fourth-order valence-electron chi connectivity index (χ4n) is 3.87. The molecule has 1 aromatic rings. The van der Waals surface area contributed by atoms with Crippen LogP contribution in [0.2, 0.25) is 0 Å². The standard InChI is InChI=1S/C20H27BrN2O2/c1-3-4-7-18-22-20(10-5-6-11-20)19(24)23(18)13-15-8-9-17(21)16(12-15)14-25-2/h8-9,12H,3-7,10-11,13-14H2,1-2H3. The first-order valence-electron chi connectivity index (χ1n) is 9.26. The van der Waals surface area contributed by atoms with Crippen molar-refractivity contribution in [1.82, 2.24) is 4.90 Å². The second-order valence-corrected chi connectivity index (χ2v) is 7.97. The van der Waals surface area contributed by atoms with Crippen molar-refractivity contribution in [2.75, 3.05) is 7.11 Å². The number of rotatable bonds is 7. The number of halogens is 1. The van der Waals surface area contributed by atoms with Crippen molar-refractivity contribution in [2.45, 2.75) is 70.6 Å². The smallest absolute Gasteiger partial charge is 0.256 e. The normalized spacial score (nSPS) is 19.1. The number of hydrogen-bond donors (Lipinski definition) is 0. The van der Waals surface area contributed by atoms with E-state index in [0.29, 0.717) is 13.2 Å². The molecule has 4 nitrogen and oxygen atoms in total. The van der Waals surface area contributed by atoms with Gasteiger partial charge in [-0.15, -0.1) is 0 Å². The van der Waals surface area contributed by atoms with Gasteiger partial charge in [0.05, 0.1) is 13.2 Å². The zero-order valence-corrected chi connectivity index (χ0v) is 16.8. The lowest BCUT2D eigenvalue weighted by Gasteiger charge is -2.23. The summed E-state index contributed by atoms with van der Waals surface area (Å²) in [7, 11) is 1.70. The van der Waals surface area contributed by atoms with Gasteiger partial charge in [-0.2, -0.15) is 0 Å². The highest BCUT2D eigenvalue weighted by atomic mass is 79.9. The van der Waals surface area contributed by atoms with Crippen molar-refractivity contribution in [3.05, 3.63) is 33.8 Å². The van der Waals surface area contributed by atoms with Gasteiger partial charge in [-0.25, -0.2) is 0 Å². The van der Waals surface area contributed by atoms with Gasteiger partial charge in [-0.1, -0.05) is 54.2 Å². The monoisotopic (exact) mass is 406 g/mol. The number of nitrogens with zero attached hydrogens (tertiary/aromatic N) is 2. The Hall–Kier alpha value is -1.20. The SMILES string of the molecule is CCCCC1=NC2(CCCC2)C(=O)N1Cc1ccc(Br)c(COC)c1. The zero-order valence-electron chi connectivity index (χ0n) is 15.2. The lowest BCUT2D eigenvalue weighted by atomic mass is 9.98. The van der Waals surface area contributed by atoms with Crippen molar-refractivity contribution in [3.63, 3.8) is 0 Å². The maximum atomic E-state index is 13.2. The number of amides is 1. The van der Waals surface area contributed by atoms with Crippen LogP contribution in [-0.2, 0) is 22.7 Å². The first-order valence-corrected chi connectivity index (χ1v) is 10.1. The summed E-state index contributed by atoms with van der Waals surface area (Å²) in [5.41, 5.74) is 1.78. The molecule has 2 aliphatic rings. The van der Waals surface area contributed by atoms with Crippen LogP contribution >= 0.6 is 15.9 Å². The van der Waals surface area contributed by atoms with E-state index in [-0.39, 0.29) is 5.91 Å². The minimum Gasteiger partial charge on any atom is -0.380 e. The Morgan fingerprint density at radius 3 is 2.76 bits per heavy atom. The molecule has 1 amide bonds. The quantitative estimate of drug-likeness (QED) is 0.649. The molecule has 0 N–H and O–H groups in total. The van der Waals surface area contributed by atoms with Crippen molar-refractivity contribution in [3.8, 4) is 0 Å². The summed E-state index contributed by atoms with van der Waals surface area (Å²) >= 11 is 3.57. The minimum atomic E-state index is -0.451. The second kappa shape index (κ2) is 8.00. The Labute approximate surface area is 158 Å². The van der Waals surface area contributed by atoms with Crippen molar-refractivity contribution in [2.24, 2.45) is 4.99 Å². The Kier molecular flexibility index (Phi) is 5.95. The minimum absolute atomic E-state index is 0.215. The molecule has 1 aromatic carbocycles. The highest BCUT2D eigenvalue weighted by molar-refractivity contribution is 9.10. The number of carbonyl (C=O) groups excluding carboxylic acids is 1. The van der Waals surface area contributed by atoms with Crippen molar-refractivity contribution >= 4 is 27.7 Å². The van der Waals surface area contributed by atoms with E-state index in [1.165, 1.54) is 0 Å². The summed E-state index contributed by atoms with van der Waals surface area (Å²) < 4.78 is 6.31. The molecule has 0 bridgehead atoms. The first-order chi connectivity index (χ1) is 12.1. The summed E-state index contributed by atoms with van der Waals surface area (Å²) in [4.78, 5) is 20.1. The molecule has 1 fully saturated rings. The maximum Gasteiger partial charge on any atom is 0.256 e.